The molecule has 2 aliphatic rings. The van der Waals surface area contributed by atoms with Crippen LogP contribution in [0.15, 0.2) is 18.2 Å². The van der Waals surface area contributed by atoms with E-state index >= 15 is 0 Å². The molecule has 25 heavy (non-hydrogen) atoms. The van der Waals surface area contributed by atoms with E-state index in [0.29, 0.717) is 19.6 Å². The zero-order valence-electron chi connectivity index (χ0n) is 14.4. The van der Waals surface area contributed by atoms with Crippen LogP contribution in [0.3, 0.4) is 0 Å². The molecule has 0 saturated carbocycles. The molecular formula is C18H24N2O5. The van der Waals surface area contributed by atoms with Gasteiger partial charge >= 0.3 is 5.97 Å². The number of nitrogens with zero attached hydrogens (tertiary/aromatic N) is 2. The van der Waals surface area contributed by atoms with Gasteiger partial charge in [0.25, 0.3) is 0 Å². The maximum absolute atomic E-state index is 12.8. The Hall–Kier alpha value is -2.28. The number of amides is 1. The topological polar surface area (TPSA) is 79.3 Å². The van der Waals surface area contributed by atoms with Crippen LogP contribution >= 0.6 is 0 Å². The standard InChI is InChI=1S/C18H24N2O5/c1-2-19(10-13-6-7-15-16(9-13)25-12-24-15)14-5-3-4-8-20(18(14)23)11-17(21)22/h6-7,9,14H,2-5,8,10-12H2,1H3,(H,21,22). The van der Waals surface area contributed by atoms with E-state index in [1.165, 1.54) is 4.90 Å². The third kappa shape index (κ3) is 4.04. The van der Waals surface area contributed by atoms with Crippen LogP contribution < -0.4 is 9.47 Å². The second-order valence-electron chi connectivity index (χ2n) is 6.42. The largest absolute Gasteiger partial charge is 0.480 e. The van der Waals surface area contributed by atoms with Crippen molar-refractivity contribution < 1.29 is 24.2 Å². The molecule has 1 unspecified atom stereocenters. The summed E-state index contributed by atoms with van der Waals surface area (Å²) in [4.78, 5) is 27.5. The molecule has 136 valence electrons. The van der Waals surface area contributed by atoms with E-state index < -0.39 is 5.97 Å². The Morgan fingerprint density at radius 2 is 2.12 bits per heavy atom. The minimum absolute atomic E-state index is 0.0810. The first-order valence-corrected chi connectivity index (χ1v) is 8.71. The van der Waals surface area contributed by atoms with Gasteiger partial charge in [-0.15, -0.1) is 0 Å². The molecule has 1 N–H and O–H groups in total. The number of carbonyl (C=O) groups excluding carboxylic acids is 1. The van der Waals surface area contributed by atoms with Gasteiger partial charge in [0.1, 0.15) is 6.54 Å². The molecule has 0 bridgehead atoms. The molecule has 1 fully saturated rings. The summed E-state index contributed by atoms with van der Waals surface area (Å²) < 4.78 is 10.8. The van der Waals surface area contributed by atoms with Crippen molar-refractivity contribution in [1.82, 2.24) is 9.80 Å². The Morgan fingerprint density at radius 1 is 1.32 bits per heavy atom. The maximum atomic E-state index is 12.8. The highest BCUT2D eigenvalue weighted by Gasteiger charge is 2.32. The van der Waals surface area contributed by atoms with Gasteiger partial charge in [-0.25, -0.2) is 0 Å². The summed E-state index contributed by atoms with van der Waals surface area (Å²) in [6, 6.07) is 5.53. The van der Waals surface area contributed by atoms with Gasteiger partial charge in [0.05, 0.1) is 6.04 Å². The first kappa shape index (κ1) is 17.5. The van der Waals surface area contributed by atoms with Crippen LogP contribution in [0.5, 0.6) is 11.5 Å². The quantitative estimate of drug-likeness (QED) is 0.843. The zero-order valence-corrected chi connectivity index (χ0v) is 14.4. The number of carboxylic acids is 1. The lowest BCUT2D eigenvalue weighted by molar-refractivity contribution is -0.146. The average Bonchev–Trinajstić information content (AvgIpc) is 2.98. The third-order valence-electron chi connectivity index (χ3n) is 4.75. The number of aliphatic carboxylic acids is 1. The summed E-state index contributed by atoms with van der Waals surface area (Å²) in [5, 5.41) is 9.05. The van der Waals surface area contributed by atoms with Crippen LogP contribution in [-0.4, -0.2) is 59.3 Å². The maximum Gasteiger partial charge on any atom is 0.323 e. The number of benzene rings is 1. The zero-order chi connectivity index (χ0) is 17.8. The third-order valence-corrected chi connectivity index (χ3v) is 4.75. The first-order valence-electron chi connectivity index (χ1n) is 8.71. The highest BCUT2D eigenvalue weighted by molar-refractivity contribution is 5.85. The molecule has 2 aliphatic heterocycles. The lowest BCUT2D eigenvalue weighted by atomic mass is 10.1. The van der Waals surface area contributed by atoms with Gasteiger partial charge in [-0.05, 0) is 43.5 Å². The van der Waals surface area contributed by atoms with E-state index in [9.17, 15) is 9.59 Å². The molecule has 0 radical (unpaired) electrons. The SMILES string of the molecule is CCN(Cc1ccc2c(c1)OCO2)C1CCCCN(CC(=O)O)C1=O. The summed E-state index contributed by atoms with van der Waals surface area (Å²) in [5.41, 5.74) is 1.05. The normalized spacial score (nSPS) is 20.0. The van der Waals surface area contributed by atoms with Crippen molar-refractivity contribution >= 4 is 11.9 Å². The summed E-state index contributed by atoms with van der Waals surface area (Å²) in [7, 11) is 0. The summed E-state index contributed by atoms with van der Waals surface area (Å²) in [6.07, 6.45) is 2.52. The van der Waals surface area contributed by atoms with E-state index in [-0.39, 0.29) is 25.3 Å². The molecule has 2 heterocycles. The predicted molar refractivity (Wildman–Crippen MR) is 90.5 cm³/mol. The second kappa shape index (κ2) is 7.74. The number of hydrogen-bond donors (Lipinski definition) is 1. The van der Waals surface area contributed by atoms with Gasteiger partial charge in [0.15, 0.2) is 11.5 Å². The Bertz CT molecular complexity index is 648. The van der Waals surface area contributed by atoms with Crippen molar-refractivity contribution in [3.05, 3.63) is 23.8 Å². The Balaban J connectivity index is 1.74. The lowest BCUT2D eigenvalue weighted by Gasteiger charge is -2.31. The molecule has 7 heteroatoms. The lowest BCUT2D eigenvalue weighted by Crippen LogP contribution is -2.48. The van der Waals surface area contributed by atoms with Gasteiger partial charge in [-0.1, -0.05) is 13.0 Å². The van der Waals surface area contributed by atoms with Crippen molar-refractivity contribution in [2.75, 3.05) is 26.4 Å². The van der Waals surface area contributed by atoms with Crippen LogP contribution in [0.2, 0.25) is 0 Å². The van der Waals surface area contributed by atoms with E-state index in [1.54, 1.807) is 0 Å². The second-order valence-corrected chi connectivity index (χ2v) is 6.42. The van der Waals surface area contributed by atoms with Crippen LogP contribution in [0.25, 0.3) is 0 Å². The van der Waals surface area contributed by atoms with Gasteiger partial charge in [0, 0.05) is 13.1 Å². The van der Waals surface area contributed by atoms with Crippen LogP contribution in [0.4, 0.5) is 0 Å². The van der Waals surface area contributed by atoms with Gasteiger partial charge in [-0.2, -0.15) is 0 Å². The molecule has 1 amide bonds. The Kier molecular flexibility index (Phi) is 5.43. The molecule has 0 aliphatic carbocycles. The molecule has 7 nitrogen and oxygen atoms in total. The Morgan fingerprint density at radius 3 is 2.88 bits per heavy atom. The van der Waals surface area contributed by atoms with Crippen molar-refractivity contribution in [3.63, 3.8) is 0 Å². The molecular weight excluding hydrogens is 324 g/mol. The van der Waals surface area contributed by atoms with E-state index in [4.69, 9.17) is 14.6 Å². The minimum Gasteiger partial charge on any atom is -0.480 e. The van der Waals surface area contributed by atoms with E-state index in [1.807, 2.05) is 25.1 Å². The molecule has 1 atom stereocenters. The molecule has 1 saturated heterocycles. The van der Waals surface area contributed by atoms with Crippen LogP contribution in [0.1, 0.15) is 31.7 Å². The fourth-order valence-corrected chi connectivity index (χ4v) is 3.46. The van der Waals surface area contributed by atoms with Crippen molar-refractivity contribution in [2.45, 2.75) is 38.8 Å². The van der Waals surface area contributed by atoms with E-state index in [2.05, 4.69) is 4.90 Å². The molecule has 0 aromatic heterocycles. The number of rotatable bonds is 6. The highest BCUT2D eigenvalue weighted by Crippen LogP contribution is 2.33. The van der Waals surface area contributed by atoms with Crippen molar-refractivity contribution in [1.29, 1.82) is 0 Å². The van der Waals surface area contributed by atoms with Crippen LogP contribution in [-0.2, 0) is 16.1 Å². The van der Waals surface area contributed by atoms with Crippen LogP contribution in [0, 0.1) is 0 Å². The number of hydrogen-bond acceptors (Lipinski definition) is 5. The number of fused-ring (bicyclic) bond motifs is 1. The van der Waals surface area contributed by atoms with Crippen molar-refractivity contribution in [3.8, 4) is 11.5 Å². The fourth-order valence-electron chi connectivity index (χ4n) is 3.46. The molecule has 0 spiro atoms. The first-order chi connectivity index (χ1) is 12.1. The monoisotopic (exact) mass is 348 g/mol. The van der Waals surface area contributed by atoms with Gasteiger partial charge in [-0.3, -0.25) is 14.5 Å². The van der Waals surface area contributed by atoms with Crippen molar-refractivity contribution in [2.24, 2.45) is 0 Å². The van der Waals surface area contributed by atoms with E-state index in [0.717, 1.165) is 36.3 Å². The number of likely N-dealkylation sites (tertiary alicyclic amines) is 1. The summed E-state index contributed by atoms with van der Waals surface area (Å²) >= 11 is 0. The van der Waals surface area contributed by atoms with Gasteiger partial charge in [0.2, 0.25) is 12.7 Å². The van der Waals surface area contributed by atoms with Gasteiger partial charge < -0.3 is 19.5 Å². The summed E-state index contributed by atoms with van der Waals surface area (Å²) in [5.74, 6) is 0.425. The number of ether oxygens (including phenoxy) is 2. The highest BCUT2D eigenvalue weighted by atomic mass is 16.7. The number of carboxylic acid groups (broad SMARTS) is 1. The fraction of sp³-hybridized carbons (Fsp3) is 0.556. The predicted octanol–water partition coefficient (Wildman–Crippen LogP) is 1.70. The average molecular weight is 348 g/mol. The number of carbonyl (C=O) groups is 2. The summed E-state index contributed by atoms with van der Waals surface area (Å²) in [6.45, 7) is 3.88. The molecule has 1 aromatic rings. The smallest absolute Gasteiger partial charge is 0.323 e. The molecule has 1 aromatic carbocycles. The molecule has 3 rings (SSSR count). The minimum atomic E-state index is -0.965. The number of likely N-dealkylation sites (N-methyl/N-ethyl adjacent to an activating group) is 1. The Labute approximate surface area is 147 Å².